The maximum absolute atomic E-state index is 13.4. The number of hydrogen-bond donors (Lipinski definition) is 1. The van der Waals surface area contributed by atoms with Gasteiger partial charge in [0.2, 0.25) is 5.91 Å². The summed E-state index contributed by atoms with van der Waals surface area (Å²) in [5.41, 5.74) is 1.90. The van der Waals surface area contributed by atoms with Crippen LogP contribution in [-0.4, -0.2) is 60.8 Å². The molecule has 3 aromatic rings. The molecule has 0 bridgehead atoms. The first-order valence-corrected chi connectivity index (χ1v) is 11.1. The molecular weight excluding hydrogens is 467 g/mol. The number of aromatic nitrogens is 4. The Bertz CT molecular complexity index is 1200. The van der Waals surface area contributed by atoms with Crippen molar-refractivity contribution in [3.63, 3.8) is 0 Å². The Morgan fingerprint density at radius 2 is 2.09 bits per heavy atom. The van der Waals surface area contributed by atoms with Crippen LogP contribution in [0, 0.1) is 5.92 Å². The number of aliphatic carboxylic acids is 1. The maximum Gasteiger partial charge on any atom is 0.406 e. The third kappa shape index (κ3) is 5.69. The molecule has 35 heavy (non-hydrogen) atoms. The van der Waals surface area contributed by atoms with E-state index in [0.717, 1.165) is 10.6 Å². The number of rotatable bonds is 8. The predicted octanol–water partition coefficient (Wildman–Crippen LogP) is 3.23. The fraction of sp³-hybridized carbons (Fsp3) is 0.435. The van der Waals surface area contributed by atoms with E-state index in [-0.39, 0.29) is 19.4 Å². The maximum atomic E-state index is 13.4. The molecule has 0 fully saturated rings. The molecular formula is C23H24F3N5O4. The van der Waals surface area contributed by atoms with Gasteiger partial charge in [-0.2, -0.15) is 18.3 Å². The Labute approximate surface area is 198 Å². The van der Waals surface area contributed by atoms with Crippen LogP contribution in [0.1, 0.15) is 42.6 Å². The number of alkyl halides is 3. The Morgan fingerprint density at radius 1 is 1.29 bits per heavy atom. The van der Waals surface area contributed by atoms with Gasteiger partial charge in [0.25, 0.3) is 5.78 Å². The molecule has 4 rings (SSSR count). The van der Waals surface area contributed by atoms with E-state index in [1.165, 1.54) is 6.20 Å². The second-order valence-electron chi connectivity index (χ2n) is 8.38. The topological polar surface area (TPSA) is 110 Å². The van der Waals surface area contributed by atoms with Crippen LogP contribution in [0.25, 0.3) is 5.78 Å². The molecule has 12 heteroatoms. The second-order valence-corrected chi connectivity index (χ2v) is 8.38. The van der Waals surface area contributed by atoms with Crippen molar-refractivity contribution in [2.24, 2.45) is 5.92 Å². The van der Waals surface area contributed by atoms with Gasteiger partial charge in [-0.05, 0) is 36.1 Å². The van der Waals surface area contributed by atoms with Crippen molar-refractivity contribution < 1.29 is 32.6 Å². The molecule has 1 aliphatic heterocycles. The Balaban J connectivity index is 1.57. The highest BCUT2D eigenvalue weighted by atomic mass is 19.4. The van der Waals surface area contributed by atoms with Gasteiger partial charge in [0.05, 0.1) is 49.3 Å². The first-order chi connectivity index (χ1) is 16.6. The van der Waals surface area contributed by atoms with Crippen molar-refractivity contribution in [1.82, 2.24) is 24.5 Å². The molecule has 1 aliphatic rings. The van der Waals surface area contributed by atoms with Gasteiger partial charge in [-0.15, -0.1) is 0 Å². The van der Waals surface area contributed by atoms with E-state index in [2.05, 4.69) is 15.1 Å². The monoisotopic (exact) mass is 491 g/mol. The van der Waals surface area contributed by atoms with Gasteiger partial charge < -0.3 is 14.7 Å². The molecule has 0 saturated heterocycles. The highest BCUT2D eigenvalue weighted by molar-refractivity contribution is 5.84. The SMILES string of the molecule is CCC1c2cc(OCCc3cn4nccnc4n3)ccc2CC(CC(=O)O)C(=O)N1CC(F)(F)F. The van der Waals surface area contributed by atoms with Gasteiger partial charge in [0.1, 0.15) is 12.3 Å². The molecule has 1 amide bonds. The van der Waals surface area contributed by atoms with Gasteiger partial charge in [0, 0.05) is 6.42 Å². The number of carbonyl (C=O) groups is 2. The lowest BCUT2D eigenvalue weighted by Gasteiger charge is -2.32. The van der Waals surface area contributed by atoms with Gasteiger partial charge in [-0.3, -0.25) is 9.59 Å². The van der Waals surface area contributed by atoms with Crippen molar-refractivity contribution in [2.45, 2.75) is 44.8 Å². The zero-order chi connectivity index (χ0) is 25.2. The van der Waals surface area contributed by atoms with Crippen LogP contribution in [-0.2, 0) is 22.4 Å². The van der Waals surface area contributed by atoms with Crippen molar-refractivity contribution in [3.8, 4) is 5.75 Å². The van der Waals surface area contributed by atoms with E-state index in [1.807, 2.05) is 0 Å². The average molecular weight is 491 g/mol. The quantitative estimate of drug-likeness (QED) is 0.515. The summed E-state index contributed by atoms with van der Waals surface area (Å²) in [5.74, 6) is -2.20. The number of nitrogens with zero attached hydrogens (tertiary/aromatic N) is 5. The van der Waals surface area contributed by atoms with Gasteiger partial charge in [0.15, 0.2) is 0 Å². The van der Waals surface area contributed by atoms with Crippen molar-refractivity contribution in [3.05, 3.63) is 53.6 Å². The number of imidazole rings is 1. The molecule has 0 spiro atoms. The summed E-state index contributed by atoms with van der Waals surface area (Å²) >= 11 is 0. The number of benzene rings is 1. The molecule has 2 atom stereocenters. The third-order valence-corrected chi connectivity index (χ3v) is 5.90. The van der Waals surface area contributed by atoms with E-state index in [1.54, 1.807) is 42.0 Å². The van der Waals surface area contributed by atoms with Gasteiger partial charge in [-0.25, -0.2) is 14.5 Å². The van der Waals surface area contributed by atoms with E-state index >= 15 is 0 Å². The lowest BCUT2D eigenvalue weighted by Crippen LogP contribution is -2.43. The summed E-state index contributed by atoms with van der Waals surface area (Å²) in [4.78, 5) is 33.5. The van der Waals surface area contributed by atoms with E-state index < -0.39 is 43.0 Å². The third-order valence-electron chi connectivity index (χ3n) is 5.90. The molecule has 2 aromatic heterocycles. The number of fused-ring (bicyclic) bond motifs is 2. The fourth-order valence-electron chi connectivity index (χ4n) is 4.44. The highest BCUT2D eigenvalue weighted by Gasteiger charge is 2.42. The Kier molecular flexibility index (Phi) is 6.90. The molecule has 2 unspecified atom stereocenters. The Morgan fingerprint density at radius 3 is 2.77 bits per heavy atom. The number of carboxylic acids is 1. The van der Waals surface area contributed by atoms with Gasteiger partial charge >= 0.3 is 12.1 Å². The molecule has 0 saturated carbocycles. The molecule has 1 N–H and O–H groups in total. The minimum Gasteiger partial charge on any atom is -0.493 e. The number of hydrogen-bond acceptors (Lipinski definition) is 6. The molecule has 9 nitrogen and oxygen atoms in total. The van der Waals surface area contributed by atoms with Gasteiger partial charge in [-0.1, -0.05) is 13.0 Å². The minimum atomic E-state index is -4.62. The lowest BCUT2D eigenvalue weighted by molar-refractivity contribution is -0.169. The van der Waals surface area contributed by atoms with Crippen LogP contribution in [0.2, 0.25) is 0 Å². The number of halogens is 3. The fourth-order valence-corrected chi connectivity index (χ4v) is 4.44. The van der Waals surface area contributed by atoms with E-state index in [0.29, 0.717) is 29.1 Å². The van der Waals surface area contributed by atoms with Crippen LogP contribution in [0.4, 0.5) is 13.2 Å². The summed E-state index contributed by atoms with van der Waals surface area (Å²) in [6.45, 7) is 0.509. The number of carboxylic acid groups (broad SMARTS) is 1. The van der Waals surface area contributed by atoms with E-state index in [9.17, 15) is 27.9 Å². The highest BCUT2D eigenvalue weighted by Crippen LogP contribution is 2.38. The van der Waals surface area contributed by atoms with Crippen LogP contribution in [0.15, 0.2) is 36.8 Å². The normalized spacial score (nSPS) is 18.4. The van der Waals surface area contributed by atoms with Crippen LogP contribution in [0.5, 0.6) is 5.75 Å². The molecule has 1 aromatic carbocycles. The predicted molar refractivity (Wildman–Crippen MR) is 117 cm³/mol. The molecule has 3 heterocycles. The van der Waals surface area contributed by atoms with Crippen LogP contribution in [0.3, 0.4) is 0 Å². The summed E-state index contributed by atoms with van der Waals surface area (Å²) < 4.78 is 47.5. The van der Waals surface area contributed by atoms with Crippen molar-refractivity contribution in [2.75, 3.05) is 13.2 Å². The zero-order valence-electron chi connectivity index (χ0n) is 18.9. The smallest absolute Gasteiger partial charge is 0.406 e. The standard InChI is InChI=1S/C23H24F3N5O4/c1-2-19-18-11-17(35-8-5-16-12-31-22(29-16)27-6-7-28-31)4-3-14(18)9-15(10-20(32)33)21(34)30(19)13-23(24,25)26/h3-4,6-7,11-12,15,19H,2,5,8-10,13H2,1H3,(H,32,33). The summed E-state index contributed by atoms with van der Waals surface area (Å²) in [6.07, 6.45) is 0.403. The minimum absolute atomic E-state index is 0.0485. The molecule has 0 radical (unpaired) electrons. The molecule has 186 valence electrons. The number of amides is 1. The second kappa shape index (κ2) is 9.88. The lowest BCUT2D eigenvalue weighted by atomic mass is 9.92. The first kappa shape index (κ1) is 24.4. The van der Waals surface area contributed by atoms with Crippen LogP contribution >= 0.6 is 0 Å². The summed E-state index contributed by atoms with van der Waals surface area (Å²) in [7, 11) is 0. The number of ether oxygens (including phenoxy) is 1. The largest absolute Gasteiger partial charge is 0.493 e. The average Bonchev–Trinajstić information content (AvgIpc) is 3.17. The first-order valence-electron chi connectivity index (χ1n) is 11.1. The van der Waals surface area contributed by atoms with Crippen molar-refractivity contribution in [1.29, 1.82) is 0 Å². The summed E-state index contributed by atoms with van der Waals surface area (Å²) in [6, 6.07) is 4.18. The summed E-state index contributed by atoms with van der Waals surface area (Å²) in [5, 5.41) is 13.3. The van der Waals surface area contributed by atoms with E-state index in [4.69, 9.17) is 4.74 Å². The van der Waals surface area contributed by atoms with Crippen molar-refractivity contribution >= 4 is 17.7 Å². The Hall–Kier alpha value is -3.70. The molecule has 0 aliphatic carbocycles. The zero-order valence-corrected chi connectivity index (χ0v) is 18.9. The number of carbonyl (C=O) groups excluding carboxylic acids is 1. The van der Waals surface area contributed by atoms with Crippen LogP contribution < -0.4 is 4.74 Å².